The molecular formula is C15H20N4O. The molecule has 1 heterocycles. The zero-order chi connectivity index (χ0) is 14.4. The molecule has 1 saturated heterocycles. The highest BCUT2D eigenvalue weighted by Gasteiger charge is 2.19. The summed E-state index contributed by atoms with van der Waals surface area (Å²) in [6.07, 6.45) is 1.63. The van der Waals surface area contributed by atoms with Crippen molar-refractivity contribution < 1.29 is 4.79 Å². The number of likely N-dealkylation sites (N-methyl/N-ethyl adjacent to an activating group) is 1. The van der Waals surface area contributed by atoms with Crippen LogP contribution >= 0.6 is 0 Å². The smallest absolute Gasteiger partial charge is 0.225 e. The number of nitrogens with zero attached hydrogens (tertiary/aromatic N) is 2. The van der Waals surface area contributed by atoms with Crippen LogP contribution in [0.2, 0.25) is 0 Å². The molecule has 1 aromatic rings. The Balaban J connectivity index is 1.75. The van der Waals surface area contributed by atoms with E-state index in [1.165, 1.54) is 0 Å². The van der Waals surface area contributed by atoms with Gasteiger partial charge in [0, 0.05) is 31.2 Å². The van der Waals surface area contributed by atoms with Crippen LogP contribution in [0.25, 0.3) is 0 Å². The molecular weight excluding hydrogens is 252 g/mol. The van der Waals surface area contributed by atoms with Crippen LogP contribution in [0.4, 0.5) is 5.69 Å². The van der Waals surface area contributed by atoms with Gasteiger partial charge in [-0.05, 0) is 44.3 Å². The standard InChI is InChI=1S/C15H20N4O/c1-19(14-6-8-17-11-14)9-7-15(20)18-13-4-2-12(10-16)3-5-13/h2-5,14,17H,6-9,11H2,1H3,(H,18,20). The molecule has 0 bridgehead atoms. The van der Waals surface area contributed by atoms with E-state index in [1.54, 1.807) is 24.3 Å². The van der Waals surface area contributed by atoms with Crippen molar-refractivity contribution in [2.75, 3.05) is 32.0 Å². The molecule has 0 radical (unpaired) electrons. The average Bonchev–Trinajstić information content (AvgIpc) is 3.00. The van der Waals surface area contributed by atoms with E-state index in [9.17, 15) is 4.79 Å². The van der Waals surface area contributed by atoms with E-state index in [2.05, 4.69) is 28.7 Å². The summed E-state index contributed by atoms with van der Waals surface area (Å²) in [5, 5.41) is 14.9. The van der Waals surface area contributed by atoms with Crippen LogP contribution in [0.15, 0.2) is 24.3 Å². The molecule has 106 valence electrons. The van der Waals surface area contributed by atoms with Gasteiger partial charge in [-0.25, -0.2) is 0 Å². The van der Waals surface area contributed by atoms with Gasteiger partial charge in [0.1, 0.15) is 0 Å². The fourth-order valence-corrected chi connectivity index (χ4v) is 2.33. The van der Waals surface area contributed by atoms with Gasteiger partial charge in [0.2, 0.25) is 5.91 Å². The summed E-state index contributed by atoms with van der Waals surface area (Å²) in [6.45, 7) is 2.83. The normalized spacial score (nSPS) is 17.9. The van der Waals surface area contributed by atoms with Gasteiger partial charge in [-0.1, -0.05) is 0 Å². The Kier molecular flexibility index (Phi) is 5.10. The minimum Gasteiger partial charge on any atom is -0.326 e. The first-order valence-electron chi connectivity index (χ1n) is 6.90. The maximum absolute atomic E-state index is 11.9. The molecule has 20 heavy (non-hydrogen) atoms. The highest BCUT2D eigenvalue weighted by atomic mass is 16.1. The molecule has 2 N–H and O–H groups in total. The van der Waals surface area contributed by atoms with Crippen LogP contribution in [0.5, 0.6) is 0 Å². The second-order valence-electron chi connectivity index (χ2n) is 5.11. The van der Waals surface area contributed by atoms with Gasteiger partial charge in [-0.3, -0.25) is 4.79 Å². The Bertz CT molecular complexity index is 486. The molecule has 5 heteroatoms. The fraction of sp³-hybridized carbons (Fsp3) is 0.467. The predicted octanol–water partition coefficient (Wildman–Crippen LogP) is 1.18. The number of benzene rings is 1. The average molecular weight is 272 g/mol. The topological polar surface area (TPSA) is 68.2 Å². The summed E-state index contributed by atoms with van der Waals surface area (Å²) < 4.78 is 0. The highest BCUT2D eigenvalue weighted by Crippen LogP contribution is 2.10. The van der Waals surface area contributed by atoms with Crippen LogP contribution in [-0.2, 0) is 4.79 Å². The maximum Gasteiger partial charge on any atom is 0.225 e. The molecule has 2 rings (SSSR count). The van der Waals surface area contributed by atoms with E-state index in [1.807, 2.05) is 0 Å². The van der Waals surface area contributed by atoms with Gasteiger partial charge in [0.05, 0.1) is 11.6 Å². The number of anilines is 1. The molecule has 1 atom stereocenters. The second-order valence-corrected chi connectivity index (χ2v) is 5.11. The largest absolute Gasteiger partial charge is 0.326 e. The van der Waals surface area contributed by atoms with Crippen LogP contribution in [0.3, 0.4) is 0 Å². The van der Waals surface area contributed by atoms with Crippen molar-refractivity contribution in [3.63, 3.8) is 0 Å². The Morgan fingerprint density at radius 2 is 2.25 bits per heavy atom. The lowest BCUT2D eigenvalue weighted by atomic mass is 10.2. The van der Waals surface area contributed by atoms with Crippen molar-refractivity contribution in [1.82, 2.24) is 10.2 Å². The van der Waals surface area contributed by atoms with Crippen molar-refractivity contribution in [3.05, 3.63) is 29.8 Å². The Morgan fingerprint density at radius 1 is 1.50 bits per heavy atom. The highest BCUT2D eigenvalue weighted by molar-refractivity contribution is 5.90. The molecule has 1 aliphatic heterocycles. The number of hydrogen-bond acceptors (Lipinski definition) is 4. The second kappa shape index (κ2) is 7.04. The number of rotatable bonds is 5. The van der Waals surface area contributed by atoms with E-state index in [4.69, 9.17) is 5.26 Å². The van der Waals surface area contributed by atoms with Gasteiger partial charge < -0.3 is 15.5 Å². The van der Waals surface area contributed by atoms with Gasteiger partial charge >= 0.3 is 0 Å². The zero-order valence-corrected chi connectivity index (χ0v) is 11.7. The quantitative estimate of drug-likeness (QED) is 0.844. The van der Waals surface area contributed by atoms with Crippen LogP contribution in [0, 0.1) is 11.3 Å². The first-order valence-corrected chi connectivity index (χ1v) is 6.90. The Labute approximate surface area is 119 Å². The predicted molar refractivity (Wildman–Crippen MR) is 78.3 cm³/mol. The van der Waals surface area contributed by atoms with E-state index in [-0.39, 0.29) is 5.91 Å². The van der Waals surface area contributed by atoms with Crippen molar-refractivity contribution >= 4 is 11.6 Å². The first kappa shape index (κ1) is 14.5. The molecule has 5 nitrogen and oxygen atoms in total. The minimum atomic E-state index is 0.00696. The molecule has 1 unspecified atom stereocenters. The van der Waals surface area contributed by atoms with Crippen LogP contribution in [0.1, 0.15) is 18.4 Å². The Morgan fingerprint density at radius 3 is 2.85 bits per heavy atom. The van der Waals surface area contributed by atoms with Crippen LogP contribution < -0.4 is 10.6 Å². The number of nitriles is 1. The summed E-state index contributed by atoms with van der Waals surface area (Å²) in [4.78, 5) is 14.1. The maximum atomic E-state index is 11.9. The van der Waals surface area contributed by atoms with Crippen molar-refractivity contribution in [2.45, 2.75) is 18.9 Å². The molecule has 1 amide bonds. The lowest BCUT2D eigenvalue weighted by Crippen LogP contribution is -2.35. The molecule has 1 aliphatic rings. The minimum absolute atomic E-state index is 0.00696. The molecule has 0 aromatic heterocycles. The van der Waals surface area contributed by atoms with Crippen molar-refractivity contribution in [1.29, 1.82) is 5.26 Å². The number of amides is 1. The fourth-order valence-electron chi connectivity index (χ4n) is 2.33. The monoisotopic (exact) mass is 272 g/mol. The number of hydrogen-bond donors (Lipinski definition) is 2. The summed E-state index contributed by atoms with van der Waals surface area (Å²) in [5.41, 5.74) is 1.33. The first-order chi connectivity index (χ1) is 9.69. The van der Waals surface area contributed by atoms with E-state index in [0.717, 1.165) is 31.7 Å². The molecule has 1 aromatic carbocycles. The number of nitrogens with one attached hydrogen (secondary N) is 2. The summed E-state index contributed by atoms with van der Waals surface area (Å²) in [6, 6.07) is 9.50. The van der Waals surface area contributed by atoms with Gasteiger partial charge in [-0.15, -0.1) is 0 Å². The SMILES string of the molecule is CN(CCC(=O)Nc1ccc(C#N)cc1)C1CCNC1. The lowest BCUT2D eigenvalue weighted by Gasteiger charge is -2.22. The summed E-state index contributed by atoms with van der Waals surface area (Å²) in [7, 11) is 2.06. The molecule has 0 aliphatic carbocycles. The third-order valence-electron chi connectivity index (χ3n) is 3.65. The van der Waals surface area contributed by atoms with Crippen molar-refractivity contribution in [2.24, 2.45) is 0 Å². The van der Waals surface area contributed by atoms with E-state index in [0.29, 0.717) is 18.0 Å². The van der Waals surface area contributed by atoms with E-state index >= 15 is 0 Å². The molecule has 1 fully saturated rings. The molecule has 0 spiro atoms. The summed E-state index contributed by atoms with van der Waals surface area (Å²) >= 11 is 0. The Hall–Kier alpha value is -1.90. The van der Waals surface area contributed by atoms with Crippen LogP contribution in [-0.4, -0.2) is 43.5 Å². The third kappa shape index (κ3) is 4.05. The van der Waals surface area contributed by atoms with E-state index < -0.39 is 0 Å². The zero-order valence-electron chi connectivity index (χ0n) is 11.7. The lowest BCUT2D eigenvalue weighted by molar-refractivity contribution is -0.116. The molecule has 0 saturated carbocycles. The van der Waals surface area contributed by atoms with Gasteiger partial charge in [0.15, 0.2) is 0 Å². The van der Waals surface area contributed by atoms with Gasteiger partial charge in [-0.2, -0.15) is 5.26 Å². The number of carbonyl (C=O) groups excluding carboxylic acids is 1. The summed E-state index contributed by atoms with van der Waals surface area (Å²) in [5.74, 6) is 0.00696. The van der Waals surface area contributed by atoms with Crippen molar-refractivity contribution in [3.8, 4) is 6.07 Å². The third-order valence-corrected chi connectivity index (χ3v) is 3.65. The number of carbonyl (C=O) groups is 1. The van der Waals surface area contributed by atoms with Gasteiger partial charge in [0.25, 0.3) is 0 Å².